The predicted molar refractivity (Wildman–Crippen MR) is 116 cm³/mol. The second kappa shape index (κ2) is 8.52. The summed E-state index contributed by atoms with van der Waals surface area (Å²) in [5.41, 5.74) is 1.39. The summed E-state index contributed by atoms with van der Waals surface area (Å²) in [6.07, 6.45) is 2.85. The van der Waals surface area contributed by atoms with E-state index in [1.807, 2.05) is 18.2 Å². The molecular formula is C21H18N4O5S. The van der Waals surface area contributed by atoms with Crippen LogP contribution in [0.25, 0.3) is 11.0 Å². The molecule has 0 fully saturated rings. The zero-order chi connectivity index (χ0) is 22.0. The Hall–Kier alpha value is -3.79. The van der Waals surface area contributed by atoms with E-state index < -0.39 is 4.92 Å². The van der Waals surface area contributed by atoms with Gasteiger partial charge in [-0.15, -0.1) is 5.10 Å². The summed E-state index contributed by atoms with van der Waals surface area (Å²) in [5.74, 6) is 2.06. The smallest absolute Gasteiger partial charge is 0.291 e. The Labute approximate surface area is 180 Å². The average molecular weight is 438 g/mol. The van der Waals surface area contributed by atoms with E-state index in [4.69, 9.17) is 9.47 Å². The summed E-state index contributed by atoms with van der Waals surface area (Å²) < 4.78 is 12.4. The molecule has 0 radical (unpaired) electrons. The zero-order valence-electron chi connectivity index (χ0n) is 16.8. The molecule has 0 atom stereocenters. The molecular weight excluding hydrogens is 420 g/mol. The highest BCUT2D eigenvalue weighted by atomic mass is 32.1. The Kier molecular flexibility index (Phi) is 5.63. The van der Waals surface area contributed by atoms with Crippen LogP contribution in [0.1, 0.15) is 17.0 Å². The molecule has 2 aromatic heterocycles. The van der Waals surface area contributed by atoms with Gasteiger partial charge in [-0.3, -0.25) is 14.9 Å². The molecule has 2 aromatic carbocycles. The van der Waals surface area contributed by atoms with Gasteiger partial charge in [-0.1, -0.05) is 11.3 Å². The van der Waals surface area contributed by atoms with Gasteiger partial charge in [0.25, 0.3) is 11.2 Å². The number of benzene rings is 2. The Bertz CT molecular complexity index is 1360. The first-order valence-electron chi connectivity index (χ1n) is 9.34. The van der Waals surface area contributed by atoms with Crippen LogP contribution in [0.2, 0.25) is 0 Å². The SMILES string of the molecule is COc1ccc(OC)c(CCc2nc3s/c(=C\c4ccc([N+](=O)[O-])cc4)c(=O)n3n2)c1. The second-order valence-electron chi connectivity index (χ2n) is 6.66. The lowest BCUT2D eigenvalue weighted by Gasteiger charge is -2.09. The van der Waals surface area contributed by atoms with Crippen molar-refractivity contribution in [2.45, 2.75) is 12.8 Å². The normalized spacial score (nSPS) is 11.7. The van der Waals surface area contributed by atoms with E-state index in [-0.39, 0.29) is 11.2 Å². The van der Waals surface area contributed by atoms with E-state index in [9.17, 15) is 14.9 Å². The minimum atomic E-state index is -0.464. The van der Waals surface area contributed by atoms with Crippen molar-refractivity contribution in [1.29, 1.82) is 0 Å². The maximum absolute atomic E-state index is 12.7. The third-order valence-corrected chi connectivity index (χ3v) is 5.69. The lowest BCUT2D eigenvalue weighted by molar-refractivity contribution is -0.384. The van der Waals surface area contributed by atoms with Gasteiger partial charge in [0, 0.05) is 18.6 Å². The fourth-order valence-electron chi connectivity index (χ4n) is 3.15. The number of ether oxygens (including phenoxy) is 2. The van der Waals surface area contributed by atoms with Crippen LogP contribution in [0, 0.1) is 10.1 Å². The molecule has 0 bridgehead atoms. The first-order chi connectivity index (χ1) is 15.0. The minimum absolute atomic E-state index is 0.000505. The number of rotatable bonds is 7. The molecule has 9 nitrogen and oxygen atoms in total. The fourth-order valence-corrected chi connectivity index (χ4v) is 4.07. The first kappa shape index (κ1) is 20.5. The van der Waals surface area contributed by atoms with Gasteiger partial charge < -0.3 is 9.47 Å². The van der Waals surface area contributed by atoms with E-state index in [2.05, 4.69) is 10.1 Å². The number of hydrogen-bond acceptors (Lipinski definition) is 8. The van der Waals surface area contributed by atoms with Gasteiger partial charge in [-0.05, 0) is 54.0 Å². The molecule has 0 aliphatic rings. The monoisotopic (exact) mass is 438 g/mol. The van der Waals surface area contributed by atoms with E-state index >= 15 is 0 Å². The standard InChI is InChI=1S/C21H18N4O5S/c1-29-16-8-9-17(30-2)14(12-16)5-10-19-22-21-24(23-19)20(26)18(31-21)11-13-3-6-15(7-4-13)25(27)28/h3-4,6-9,11-12H,5,10H2,1-2H3/b18-11-. The van der Waals surface area contributed by atoms with E-state index in [1.54, 1.807) is 32.4 Å². The Morgan fingerprint density at radius 1 is 1.13 bits per heavy atom. The van der Waals surface area contributed by atoms with Crippen LogP contribution in [0.15, 0.2) is 47.3 Å². The van der Waals surface area contributed by atoms with Crippen molar-refractivity contribution in [2.75, 3.05) is 14.2 Å². The van der Waals surface area contributed by atoms with Crippen molar-refractivity contribution in [3.8, 4) is 11.5 Å². The molecule has 0 aliphatic carbocycles. The molecule has 0 N–H and O–H groups in total. The molecule has 0 amide bonds. The molecule has 2 heterocycles. The fraction of sp³-hybridized carbons (Fsp3) is 0.190. The van der Waals surface area contributed by atoms with Crippen LogP contribution in [-0.2, 0) is 12.8 Å². The quantitative estimate of drug-likeness (QED) is 0.322. The van der Waals surface area contributed by atoms with Gasteiger partial charge in [-0.25, -0.2) is 4.98 Å². The molecule has 158 valence electrons. The average Bonchev–Trinajstić information content (AvgIpc) is 3.31. The van der Waals surface area contributed by atoms with Crippen molar-refractivity contribution in [3.05, 3.63) is 84.4 Å². The van der Waals surface area contributed by atoms with Crippen molar-refractivity contribution in [3.63, 3.8) is 0 Å². The number of fused-ring (bicyclic) bond motifs is 1. The summed E-state index contributed by atoms with van der Waals surface area (Å²) >= 11 is 1.23. The van der Waals surface area contributed by atoms with Crippen LogP contribution < -0.4 is 19.6 Å². The summed E-state index contributed by atoms with van der Waals surface area (Å²) in [6.45, 7) is 0. The topological polar surface area (TPSA) is 109 Å². The summed E-state index contributed by atoms with van der Waals surface area (Å²) in [6, 6.07) is 11.6. The maximum Gasteiger partial charge on any atom is 0.291 e. The Balaban J connectivity index is 1.57. The maximum atomic E-state index is 12.7. The number of non-ortho nitro benzene ring substituents is 1. The molecule has 10 heteroatoms. The van der Waals surface area contributed by atoms with Crippen molar-refractivity contribution in [2.24, 2.45) is 0 Å². The number of nitro benzene ring substituents is 1. The number of aromatic nitrogens is 3. The second-order valence-corrected chi connectivity index (χ2v) is 7.67. The highest BCUT2D eigenvalue weighted by Crippen LogP contribution is 2.25. The number of methoxy groups -OCH3 is 2. The van der Waals surface area contributed by atoms with Crippen LogP contribution >= 0.6 is 11.3 Å². The largest absolute Gasteiger partial charge is 0.497 e. The van der Waals surface area contributed by atoms with Crippen LogP contribution in [0.4, 0.5) is 5.69 Å². The minimum Gasteiger partial charge on any atom is -0.497 e. The Morgan fingerprint density at radius 2 is 1.90 bits per heavy atom. The molecule has 0 saturated carbocycles. The molecule has 31 heavy (non-hydrogen) atoms. The molecule has 0 spiro atoms. The molecule has 0 saturated heterocycles. The molecule has 0 unspecified atom stereocenters. The number of aryl methyl sites for hydroxylation is 2. The van der Waals surface area contributed by atoms with E-state index in [0.717, 1.165) is 17.1 Å². The lowest BCUT2D eigenvalue weighted by Crippen LogP contribution is -2.23. The van der Waals surface area contributed by atoms with Gasteiger partial charge in [0.05, 0.1) is 23.7 Å². The predicted octanol–water partition coefficient (Wildman–Crippen LogP) is 2.41. The number of nitro groups is 1. The first-order valence-corrected chi connectivity index (χ1v) is 10.2. The summed E-state index contributed by atoms with van der Waals surface area (Å²) in [5, 5.41) is 15.1. The number of hydrogen-bond donors (Lipinski definition) is 0. The van der Waals surface area contributed by atoms with E-state index in [1.165, 1.54) is 28.0 Å². The molecule has 4 aromatic rings. The van der Waals surface area contributed by atoms with Crippen molar-refractivity contribution in [1.82, 2.24) is 14.6 Å². The van der Waals surface area contributed by atoms with E-state index in [0.29, 0.717) is 33.7 Å². The van der Waals surface area contributed by atoms with Gasteiger partial charge in [-0.2, -0.15) is 4.52 Å². The van der Waals surface area contributed by atoms with Crippen LogP contribution in [0.5, 0.6) is 11.5 Å². The van der Waals surface area contributed by atoms with Gasteiger partial charge in [0.15, 0.2) is 5.82 Å². The highest BCUT2D eigenvalue weighted by Gasteiger charge is 2.12. The van der Waals surface area contributed by atoms with Gasteiger partial charge in [0.1, 0.15) is 11.5 Å². The summed E-state index contributed by atoms with van der Waals surface area (Å²) in [7, 11) is 3.22. The number of thiazole rings is 1. The van der Waals surface area contributed by atoms with Gasteiger partial charge in [0.2, 0.25) is 4.96 Å². The Morgan fingerprint density at radius 3 is 2.55 bits per heavy atom. The van der Waals surface area contributed by atoms with Crippen LogP contribution in [-0.4, -0.2) is 33.7 Å². The summed E-state index contributed by atoms with van der Waals surface area (Å²) in [4.78, 5) is 28.0. The number of nitrogens with zero attached hydrogens (tertiary/aromatic N) is 4. The lowest BCUT2D eigenvalue weighted by atomic mass is 10.1. The van der Waals surface area contributed by atoms with Crippen molar-refractivity contribution >= 4 is 28.1 Å². The molecule has 0 aliphatic heterocycles. The zero-order valence-corrected chi connectivity index (χ0v) is 17.6. The van der Waals surface area contributed by atoms with Gasteiger partial charge >= 0.3 is 0 Å². The van der Waals surface area contributed by atoms with Crippen molar-refractivity contribution < 1.29 is 14.4 Å². The molecule has 4 rings (SSSR count). The highest BCUT2D eigenvalue weighted by molar-refractivity contribution is 7.15. The third kappa shape index (κ3) is 4.24. The van der Waals surface area contributed by atoms with Crippen LogP contribution in [0.3, 0.4) is 0 Å². The third-order valence-electron chi connectivity index (χ3n) is 4.73.